The van der Waals surface area contributed by atoms with Crippen molar-refractivity contribution in [1.82, 2.24) is 19.4 Å². The molecule has 1 aromatic carbocycles. The minimum absolute atomic E-state index is 0.0727. The van der Waals surface area contributed by atoms with Crippen molar-refractivity contribution in [3.05, 3.63) is 78.3 Å². The van der Waals surface area contributed by atoms with Crippen LogP contribution in [0.5, 0.6) is 0 Å². The first kappa shape index (κ1) is 15.5. The van der Waals surface area contributed by atoms with Crippen LogP contribution in [0.2, 0.25) is 0 Å². The van der Waals surface area contributed by atoms with E-state index < -0.39 is 0 Å². The smallest absolute Gasteiger partial charge is 0.255 e. The summed E-state index contributed by atoms with van der Waals surface area (Å²) in [6.45, 7) is 0.670. The van der Waals surface area contributed by atoms with Crippen LogP contribution in [-0.2, 0) is 0 Å². The zero-order valence-corrected chi connectivity index (χ0v) is 13.5. The summed E-state index contributed by atoms with van der Waals surface area (Å²) in [7, 11) is 0. The first-order valence-electron chi connectivity index (χ1n) is 8.23. The molecule has 3 aromatic rings. The van der Waals surface area contributed by atoms with E-state index in [0.717, 1.165) is 18.4 Å². The van der Waals surface area contributed by atoms with E-state index in [0.29, 0.717) is 17.9 Å². The highest BCUT2D eigenvalue weighted by Gasteiger charge is 2.30. The van der Waals surface area contributed by atoms with Gasteiger partial charge in [0.2, 0.25) is 0 Å². The van der Waals surface area contributed by atoms with Crippen LogP contribution >= 0.6 is 0 Å². The Hall–Kier alpha value is -3.02. The third-order valence-corrected chi connectivity index (χ3v) is 4.51. The molecular formula is C19H17FN4O. The molecule has 126 valence electrons. The van der Waals surface area contributed by atoms with Crippen molar-refractivity contribution in [3.8, 4) is 5.82 Å². The number of aromatic nitrogens is 3. The van der Waals surface area contributed by atoms with Crippen molar-refractivity contribution in [2.75, 3.05) is 6.54 Å². The largest absolute Gasteiger partial charge is 0.332 e. The molecule has 2 aromatic heterocycles. The molecule has 1 saturated heterocycles. The van der Waals surface area contributed by atoms with Gasteiger partial charge in [-0.15, -0.1) is 0 Å². The number of amides is 1. The maximum Gasteiger partial charge on any atom is 0.255 e. The van der Waals surface area contributed by atoms with E-state index in [1.165, 1.54) is 12.1 Å². The molecule has 0 spiro atoms. The lowest BCUT2D eigenvalue weighted by molar-refractivity contribution is 0.0735. The van der Waals surface area contributed by atoms with Crippen LogP contribution < -0.4 is 0 Å². The maximum atomic E-state index is 13.5. The lowest BCUT2D eigenvalue weighted by atomic mass is 10.0. The van der Waals surface area contributed by atoms with E-state index in [2.05, 4.69) is 9.97 Å². The molecule has 0 radical (unpaired) electrons. The molecule has 1 aliphatic heterocycles. The van der Waals surface area contributed by atoms with E-state index in [-0.39, 0.29) is 17.8 Å². The van der Waals surface area contributed by atoms with Gasteiger partial charge in [-0.05, 0) is 42.7 Å². The van der Waals surface area contributed by atoms with Crippen molar-refractivity contribution in [2.45, 2.75) is 18.9 Å². The fourth-order valence-corrected chi connectivity index (χ4v) is 3.30. The van der Waals surface area contributed by atoms with E-state index in [1.54, 1.807) is 47.7 Å². The van der Waals surface area contributed by atoms with Crippen LogP contribution in [0, 0.1) is 5.82 Å². The quantitative estimate of drug-likeness (QED) is 0.737. The van der Waals surface area contributed by atoms with Gasteiger partial charge in [0.1, 0.15) is 18.0 Å². The molecule has 0 unspecified atom stereocenters. The number of hydrogen-bond acceptors (Lipinski definition) is 3. The Balaban J connectivity index is 1.57. The Kier molecular flexibility index (Phi) is 4.01. The molecule has 3 heterocycles. The van der Waals surface area contributed by atoms with E-state index in [1.807, 2.05) is 11.0 Å². The van der Waals surface area contributed by atoms with Gasteiger partial charge in [-0.2, -0.15) is 0 Å². The third kappa shape index (κ3) is 3.03. The van der Waals surface area contributed by atoms with Crippen LogP contribution in [0.25, 0.3) is 5.82 Å². The van der Waals surface area contributed by atoms with Crippen molar-refractivity contribution in [1.29, 1.82) is 0 Å². The lowest BCUT2D eigenvalue weighted by Crippen LogP contribution is -2.30. The van der Waals surface area contributed by atoms with E-state index in [4.69, 9.17) is 0 Å². The Labute approximate surface area is 144 Å². The van der Waals surface area contributed by atoms with Crippen molar-refractivity contribution < 1.29 is 9.18 Å². The summed E-state index contributed by atoms with van der Waals surface area (Å²) in [5.41, 5.74) is 1.38. The normalized spacial score (nSPS) is 17.0. The van der Waals surface area contributed by atoms with Gasteiger partial charge in [0.05, 0.1) is 11.6 Å². The topological polar surface area (TPSA) is 51.0 Å². The van der Waals surface area contributed by atoms with Gasteiger partial charge in [0.15, 0.2) is 0 Å². The van der Waals surface area contributed by atoms with Gasteiger partial charge < -0.3 is 4.90 Å². The van der Waals surface area contributed by atoms with Crippen molar-refractivity contribution in [3.63, 3.8) is 0 Å². The average Bonchev–Trinajstić information content (AvgIpc) is 3.33. The summed E-state index contributed by atoms with van der Waals surface area (Å²) < 4.78 is 15.3. The maximum absolute atomic E-state index is 13.5. The fourth-order valence-electron chi connectivity index (χ4n) is 3.30. The predicted molar refractivity (Wildman–Crippen MR) is 90.8 cm³/mol. The first-order chi connectivity index (χ1) is 12.2. The number of rotatable bonds is 3. The number of hydrogen-bond donors (Lipinski definition) is 0. The van der Waals surface area contributed by atoms with Gasteiger partial charge in [-0.25, -0.2) is 14.4 Å². The molecule has 25 heavy (non-hydrogen) atoms. The number of nitrogens with zero attached hydrogens (tertiary/aromatic N) is 4. The SMILES string of the molecule is O=C(c1ccc(-n2ccnc2)nc1)N1CCC[C@H]1c1cccc(F)c1. The number of likely N-dealkylation sites (tertiary alicyclic amines) is 1. The number of carbonyl (C=O) groups excluding carboxylic acids is 1. The van der Waals surface area contributed by atoms with Gasteiger partial charge >= 0.3 is 0 Å². The molecule has 0 N–H and O–H groups in total. The van der Waals surface area contributed by atoms with Crippen LogP contribution in [0.1, 0.15) is 34.8 Å². The van der Waals surface area contributed by atoms with Crippen LogP contribution in [-0.4, -0.2) is 31.9 Å². The van der Waals surface area contributed by atoms with Crippen LogP contribution in [0.4, 0.5) is 4.39 Å². The molecule has 1 aliphatic rings. The van der Waals surface area contributed by atoms with Gasteiger partial charge in [-0.3, -0.25) is 9.36 Å². The minimum Gasteiger partial charge on any atom is -0.332 e. The number of imidazole rings is 1. The third-order valence-electron chi connectivity index (χ3n) is 4.51. The van der Waals surface area contributed by atoms with E-state index in [9.17, 15) is 9.18 Å². The Morgan fingerprint density at radius 2 is 2.16 bits per heavy atom. The molecule has 1 fully saturated rings. The zero-order chi connectivity index (χ0) is 17.2. The predicted octanol–water partition coefficient (Wildman–Crippen LogP) is 3.38. The molecular weight excluding hydrogens is 319 g/mol. The highest BCUT2D eigenvalue weighted by Crippen LogP contribution is 2.33. The average molecular weight is 336 g/mol. The minimum atomic E-state index is -0.275. The summed E-state index contributed by atoms with van der Waals surface area (Å²) in [5, 5.41) is 0. The fraction of sp³-hybridized carbons (Fsp3) is 0.211. The molecule has 0 bridgehead atoms. The Morgan fingerprint density at radius 1 is 1.24 bits per heavy atom. The summed E-state index contributed by atoms with van der Waals surface area (Å²) >= 11 is 0. The van der Waals surface area contributed by atoms with E-state index >= 15 is 0 Å². The monoisotopic (exact) mass is 336 g/mol. The molecule has 5 nitrogen and oxygen atoms in total. The second-order valence-corrected chi connectivity index (χ2v) is 6.09. The summed E-state index contributed by atoms with van der Waals surface area (Å²) in [5.74, 6) is 0.358. The molecule has 1 amide bonds. The summed E-state index contributed by atoms with van der Waals surface area (Å²) in [6, 6.07) is 9.97. The van der Waals surface area contributed by atoms with Gasteiger partial charge in [0.25, 0.3) is 5.91 Å². The van der Waals surface area contributed by atoms with Crippen molar-refractivity contribution in [2.24, 2.45) is 0 Å². The number of halogens is 1. The lowest BCUT2D eigenvalue weighted by Gasteiger charge is -2.25. The zero-order valence-electron chi connectivity index (χ0n) is 13.5. The van der Waals surface area contributed by atoms with Gasteiger partial charge in [0, 0.05) is 25.1 Å². The molecule has 6 heteroatoms. The van der Waals surface area contributed by atoms with Gasteiger partial charge in [-0.1, -0.05) is 12.1 Å². The molecule has 4 rings (SSSR count). The second-order valence-electron chi connectivity index (χ2n) is 6.09. The highest BCUT2D eigenvalue weighted by atomic mass is 19.1. The number of benzene rings is 1. The molecule has 1 atom stereocenters. The first-order valence-corrected chi connectivity index (χ1v) is 8.23. The Morgan fingerprint density at radius 3 is 2.88 bits per heavy atom. The number of carbonyl (C=O) groups is 1. The van der Waals surface area contributed by atoms with Crippen LogP contribution in [0.15, 0.2) is 61.3 Å². The molecule has 0 aliphatic carbocycles. The van der Waals surface area contributed by atoms with Crippen molar-refractivity contribution >= 4 is 5.91 Å². The number of pyridine rings is 1. The standard InChI is InChI=1S/C19H17FN4O/c20-16-4-1-3-14(11-16)17-5-2-9-24(17)19(25)15-6-7-18(22-12-15)23-10-8-21-13-23/h1,3-4,6-8,10-13,17H,2,5,9H2/t17-/m0/s1. The second kappa shape index (κ2) is 6.47. The molecule has 0 saturated carbocycles. The summed E-state index contributed by atoms with van der Waals surface area (Å²) in [6.07, 6.45) is 8.46. The van der Waals surface area contributed by atoms with Crippen LogP contribution in [0.3, 0.4) is 0 Å². The Bertz CT molecular complexity index is 877. The highest BCUT2D eigenvalue weighted by molar-refractivity contribution is 5.94. The summed E-state index contributed by atoms with van der Waals surface area (Å²) in [4.78, 5) is 23.0.